The van der Waals surface area contributed by atoms with Gasteiger partial charge < -0.3 is 9.88 Å². The van der Waals surface area contributed by atoms with Gasteiger partial charge in [-0.25, -0.2) is 0 Å². The molecule has 98 valence electrons. The van der Waals surface area contributed by atoms with E-state index in [9.17, 15) is 0 Å². The maximum absolute atomic E-state index is 5.99. The Bertz CT molecular complexity index is 658. The van der Waals surface area contributed by atoms with Crippen LogP contribution in [0.2, 0.25) is 5.02 Å². The van der Waals surface area contributed by atoms with E-state index in [0.29, 0.717) is 0 Å². The maximum Gasteiger partial charge on any atom is 0.0481 e. The number of hydrogen-bond acceptors (Lipinski definition) is 2. The van der Waals surface area contributed by atoms with E-state index < -0.39 is 0 Å². The second-order valence-electron chi connectivity index (χ2n) is 4.47. The highest BCUT2D eigenvalue weighted by molar-refractivity contribution is 7.09. The van der Waals surface area contributed by atoms with Gasteiger partial charge in [-0.15, -0.1) is 11.3 Å². The van der Waals surface area contributed by atoms with Crippen molar-refractivity contribution in [1.29, 1.82) is 0 Å². The van der Waals surface area contributed by atoms with Crippen LogP contribution in [0.1, 0.15) is 4.88 Å². The van der Waals surface area contributed by atoms with Gasteiger partial charge in [-0.2, -0.15) is 0 Å². The lowest BCUT2D eigenvalue weighted by molar-refractivity contribution is 0.613. The van der Waals surface area contributed by atoms with Crippen LogP contribution in [0.4, 0.5) is 0 Å². The topological polar surface area (TPSA) is 17.0 Å². The number of nitrogens with one attached hydrogen (secondary N) is 1. The molecular formula is C15H15ClN2S. The summed E-state index contributed by atoms with van der Waals surface area (Å²) in [7, 11) is 0. The van der Waals surface area contributed by atoms with Crippen molar-refractivity contribution < 1.29 is 0 Å². The van der Waals surface area contributed by atoms with Gasteiger partial charge in [0.15, 0.2) is 0 Å². The van der Waals surface area contributed by atoms with Gasteiger partial charge in [-0.1, -0.05) is 17.7 Å². The number of aromatic nitrogens is 1. The molecule has 0 atom stereocenters. The zero-order valence-corrected chi connectivity index (χ0v) is 12.0. The van der Waals surface area contributed by atoms with Crippen LogP contribution >= 0.6 is 22.9 Å². The molecular weight excluding hydrogens is 276 g/mol. The predicted octanol–water partition coefficient (Wildman–Crippen LogP) is 4.15. The summed E-state index contributed by atoms with van der Waals surface area (Å²) in [6.07, 6.45) is 2.12. The Kier molecular flexibility index (Phi) is 3.87. The summed E-state index contributed by atoms with van der Waals surface area (Å²) >= 11 is 7.78. The SMILES string of the molecule is Clc1ccc2c(ccn2CCNCc2cccs2)c1. The minimum Gasteiger partial charge on any atom is -0.346 e. The third kappa shape index (κ3) is 3.00. The van der Waals surface area contributed by atoms with Gasteiger partial charge in [0.2, 0.25) is 0 Å². The Balaban J connectivity index is 1.59. The van der Waals surface area contributed by atoms with Crippen molar-refractivity contribution in [2.75, 3.05) is 6.54 Å². The summed E-state index contributed by atoms with van der Waals surface area (Å²) in [5.41, 5.74) is 1.24. The molecule has 0 saturated carbocycles. The number of thiophene rings is 1. The molecule has 1 aromatic carbocycles. The first-order valence-electron chi connectivity index (χ1n) is 6.30. The van der Waals surface area contributed by atoms with E-state index in [-0.39, 0.29) is 0 Å². The van der Waals surface area contributed by atoms with Crippen molar-refractivity contribution >= 4 is 33.8 Å². The maximum atomic E-state index is 5.99. The summed E-state index contributed by atoms with van der Waals surface area (Å²) in [6, 6.07) is 12.4. The van der Waals surface area contributed by atoms with Crippen molar-refractivity contribution in [1.82, 2.24) is 9.88 Å². The number of nitrogens with zero attached hydrogens (tertiary/aromatic N) is 1. The van der Waals surface area contributed by atoms with Crippen molar-refractivity contribution in [3.63, 3.8) is 0 Å². The average molecular weight is 291 g/mol. The van der Waals surface area contributed by atoms with Gasteiger partial charge in [-0.3, -0.25) is 0 Å². The standard InChI is InChI=1S/C15H15ClN2S/c16-13-3-4-15-12(10-13)5-7-18(15)8-6-17-11-14-2-1-9-19-14/h1-5,7,9-10,17H,6,8,11H2. The molecule has 0 unspecified atom stereocenters. The second kappa shape index (κ2) is 5.78. The molecule has 19 heavy (non-hydrogen) atoms. The van der Waals surface area contributed by atoms with Crippen LogP contribution in [0.15, 0.2) is 48.0 Å². The first-order valence-corrected chi connectivity index (χ1v) is 7.56. The van der Waals surface area contributed by atoms with Gasteiger partial charge in [0, 0.05) is 46.6 Å². The normalized spacial score (nSPS) is 11.2. The van der Waals surface area contributed by atoms with Gasteiger partial charge >= 0.3 is 0 Å². The zero-order chi connectivity index (χ0) is 13.1. The van der Waals surface area contributed by atoms with Gasteiger partial charge in [0.05, 0.1) is 0 Å². The summed E-state index contributed by atoms with van der Waals surface area (Å²) in [5, 5.41) is 7.57. The van der Waals surface area contributed by atoms with E-state index >= 15 is 0 Å². The van der Waals surface area contributed by atoms with E-state index in [4.69, 9.17) is 11.6 Å². The molecule has 0 amide bonds. The molecule has 0 radical (unpaired) electrons. The average Bonchev–Trinajstić information content (AvgIpc) is 3.03. The predicted molar refractivity (Wildman–Crippen MR) is 83.0 cm³/mol. The molecule has 4 heteroatoms. The molecule has 2 nitrogen and oxygen atoms in total. The molecule has 0 aliphatic rings. The number of benzene rings is 1. The Morgan fingerprint density at radius 2 is 2.16 bits per heavy atom. The molecule has 0 aliphatic carbocycles. The van der Waals surface area contributed by atoms with Crippen LogP contribution in [0.25, 0.3) is 10.9 Å². The first kappa shape index (κ1) is 12.7. The quantitative estimate of drug-likeness (QED) is 0.699. The number of fused-ring (bicyclic) bond motifs is 1. The third-order valence-corrected chi connectivity index (χ3v) is 4.25. The lowest BCUT2D eigenvalue weighted by Gasteiger charge is -2.06. The van der Waals surface area contributed by atoms with Crippen LogP contribution in [-0.4, -0.2) is 11.1 Å². The fourth-order valence-electron chi connectivity index (χ4n) is 2.19. The van der Waals surface area contributed by atoms with E-state index in [2.05, 4.69) is 45.7 Å². The molecule has 2 heterocycles. The zero-order valence-electron chi connectivity index (χ0n) is 10.5. The molecule has 0 bridgehead atoms. The Labute approximate surface area is 121 Å². The minimum atomic E-state index is 0.793. The Hall–Kier alpha value is -1.29. The smallest absolute Gasteiger partial charge is 0.0481 e. The number of rotatable bonds is 5. The van der Waals surface area contributed by atoms with Crippen molar-refractivity contribution in [3.8, 4) is 0 Å². The fourth-order valence-corrected chi connectivity index (χ4v) is 3.05. The van der Waals surface area contributed by atoms with Crippen molar-refractivity contribution in [2.24, 2.45) is 0 Å². The summed E-state index contributed by atoms with van der Waals surface area (Å²) in [6.45, 7) is 2.88. The van der Waals surface area contributed by atoms with E-state index in [0.717, 1.165) is 24.7 Å². The lowest BCUT2D eigenvalue weighted by Crippen LogP contribution is -2.18. The van der Waals surface area contributed by atoms with Crippen LogP contribution in [-0.2, 0) is 13.1 Å². The Morgan fingerprint density at radius 3 is 3.00 bits per heavy atom. The highest BCUT2D eigenvalue weighted by atomic mass is 35.5. The molecule has 1 N–H and O–H groups in total. The fraction of sp³-hybridized carbons (Fsp3) is 0.200. The molecule has 3 aromatic rings. The molecule has 3 rings (SSSR count). The molecule has 0 saturated heterocycles. The Morgan fingerprint density at radius 1 is 1.21 bits per heavy atom. The van der Waals surface area contributed by atoms with Crippen LogP contribution < -0.4 is 5.32 Å². The van der Waals surface area contributed by atoms with Gasteiger partial charge in [0.1, 0.15) is 0 Å². The molecule has 2 aromatic heterocycles. The third-order valence-electron chi connectivity index (χ3n) is 3.14. The number of hydrogen-bond donors (Lipinski definition) is 1. The van der Waals surface area contributed by atoms with Crippen molar-refractivity contribution in [3.05, 3.63) is 57.9 Å². The summed E-state index contributed by atoms with van der Waals surface area (Å²) in [4.78, 5) is 1.38. The molecule has 0 aliphatic heterocycles. The minimum absolute atomic E-state index is 0.793. The molecule has 0 spiro atoms. The highest BCUT2D eigenvalue weighted by Gasteiger charge is 2.01. The van der Waals surface area contributed by atoms with Crippen LogP contribution in [0.5, 0.6) is 0 Å². The highest BCUT2D eigenvalue weighted by Crippen LogP contribution is 2.20. The monoisotopic (exact) mass is 290 g/mol. The summed E-state index contributed by atoms with van der Waals surface area (Å²) in [5.74, 6) is 0. The van der Waals surface area contributed by atoms with E-state index in [1.165, 1.54) is 15.8 Å². The lowest BCUT2D eigenvalue weighted by atomic mass is 10.2. The first-order chi connectivity index (χ1) is 9.33. The molecule has 0 fully saturated rings. The second-order valence-corrected chi connectivity index (χ2v) is 5.94. The summed E-state index contributed by atoms with van der Waals surface area (Å²) < 4.78 is 2.26. The van der Waals surface area contributed by atoms with Gasteiger partial charge in [-0.05, 0) is 35.7 Å². The largest absolute Gasteiger partial charge is 0.346 e. The number of halogens is 1. The van der Waals surface area contributed by atoms with Crippen LogP contribution in [0.3, 0.4) is 0 Å². The van der Waals surface area contributed by atoms with Crippen LogP contribution in [0, 0.1) is 0 Å². The van der Waals surface area contributed by atoms with Gasteiger partial charge in [0.25, 0.3) is 0 Å². The van der Waals surface area contributed by atoms with Crippen molar-refractivity contribution in [2.45, 2.75) is 13.1 Å². The van der Waals surface area contributed by atoms with E-state index in [1.54, 1.807) is 11.3 Å². The van der Waals surface area contributed by atoms with E-state index in [1.807, 2.05) is 12.1 Å².